The normalized spacial score (nSPS) is 8.50. The first-order valence-corrected chi connectivity index (χ1v) is 4.04. The van der Waals surface area contributed by atoms with Crippen LogP contribution in [0.4, 0.5) is 5.69 Å². The average molecular weight is 274 g/mol. The number of nitrogens with zero attached hydrogens (tertiary/aromatic N) is 1. The van der Waals surface area contributed by atoms with Gasteiger partial charge in [0.2, 0.25) is 0 Å². The number of fused-ring (bicyclic) bond motifs is 1. The third-order valence-electron chi connectivity index (χ3n) is 1.86. The molecular weight excluding hydrogens is 265 g/mol. The van der Waals surface area contributed by atoms with Gasteiger partial charge in [-0.1, -0.05) is 29.8 Å². The summed E-state index contributed by atoms with van der Waals surface area (Å²) >= 11 is 0. The standard InChI is InChI=1S/C9H9N.3CO.Cr.Li/c1-10-7-6-8-4-2-3-5-9(8)10;3*1-2;;/h2-5H,6H2,1H3;;;;;/q;;;;;+1. The molecule has 1 heterocycles. The summed E-state index contributed by atoms with van der Waals surface area (Å²) in [5, 5.41) is 0. The zero-order chi connectivity index (χ0) is 13.0. The van der Waals surface area contributed by atoms with E-state index in [1.807, 2.05) is 7.05 Å². The molecule has 0 N–H and O–H groups in total. The Morgan fingerprint density at radius 1 is 1.06 bits per heavy atom. The van der Waals surface area contributed by atoms with Crippen molar-refractivity contribution in [2.45, 2.75) is 6.42 Å². The maximum Gasteiger partial charge on any atom is 1.00 e. The summed E-state index contributed by atoms with van der Waals surface area (Å²) in [7, 11) is 2.03. The van der Waals surface area contributed by atoms with E-state index in [0.717, 1.165) is 6.42 Å². The molecule has 2 rings (SSSR count). The molecule has 86 valence electrons. The Morgan fingerprint density at radius 3 is 1.94 bits per heavy atom. The van der Waals surface area contributed by atoms with Crippen molar-refractivity contribution in [2.24, 2.45) is 0 Å². The fraction of sp³-hybridized carbons (Fsp3) is 0.167. The van der Waals surface area contributed by atoms with E-state index in [9.17, 15) is 0 Å². The van der Waals surface area contributed by atoms with E-state index in [1.54, 1.807) is 0 Å². The first-order chi connectivity index (χ1) is 7.88. The van der Waals surface area contributed by atoms with E-state index in [2.05, 4.69) is 55.0 Å². The van der Waals surface area contributed by atoms with Crippen LogP contribution in [0.25, 0.3) is 0 Å². The molecule has 0 unspecified atom stereocenters. The summed E-state index contributed by atoms with van der Waals surface area (Å²) in [5.74, 6) is 0. The molecule has 1 aromatic rings. The number of para-hydroxylation sites is 1. The van der Waals surface area contributed by atoms with Crippen LogP contribution in [0.3, 0.4) is 0 Å². The van der Waals surface area contributed by atoms with Gasteiger partial charge < -0.3 is 4.58 Å². The van der Waals surface area contributed by atoms with Crippen molar-refractivity contribution in [3.63, 3.8) is 0 Å². The van der Waals surface area contributed by atoms with E-state index < -0.39 is 0 Å². The van der Waals surface area contributed by atoms with Gasteiger partial charge in [0, 0.05) is 23.6 Å². The molecule has 0 aliphatic carbocycles. The van der Waals surface area contributed by atoms with E-state index in [1.165, 1.54) is 11.3 Å². The molecule has 0 fully saturated rings. The summed E-state index contributed by atoms with van der Waals surface area (Å²) < 4.78 is 24.6. The smallest absolute Gasteiger partial charge is 0 e. The average Bonchev–Trinajstić information content (AvgIpc) is 2.79. The van der Waals surface area contributed by atoms with Gasteiger partial charge in [-0.25, -0.2) is 0 Å². The van der Waals surface area contributed by atoms with E-state index in [0.29, 0.717) is 0 Å². The van der Waals surface area contributed by atoms with Gasteiger partial charge >= 0.3 is 52.8 Å². The third kappa shape index (κ3) is 8.35. The Labute approximate surface area is 130 Å². The molecule has 1 aliphatic heterocycles. The van der Waals surface area contributed by atoms with Crippen LogP contribution in [0.2, 0.25) is 0 Å². The first kappa shape index (κ1) is 25.9. The van der Waals surface area contributed by atoms with E-state index in [-0.39, 0.29) is 36.2 Å². The number of hydrogen-bond donors (Lipinski definition) is 0. The number of rotatable bonds is 0. The summed E-state index contributed by atoms with van der Waals surface area (Å²) in [4.78, 5) is 0. The molecule has 18 heavy (non-hydrogen) atoms. The minimum atomic E-state index is 0. The van der Waals surface area contributed by atoms with Crippen molar-refractivity contribution >= 4 is 11.9 Å². The second-order valence-corrected chi connectivity index (χ2v) is 2.52. The van der Waals surface area contributed by atoms with Crippen LogP contribution in [0.15, 0.2) is 24.3 Å². The van der Waals surface area contributed by atoms with Gasteiger partial charge in [-0.15, -0.1) is 0 Å². The second-order valence-electron chi connectivity index (χ2n) is 2.52. The van der Waals surface area contributed by atoms with Crippen LogP contribution in [0.1, 0.15) is 5.56 Å². The van der Waals surface area contributed by atoms with Crippen LogP contribution >= 0.6 is 0 Å². The molecule has 0 atom stereocenters. The molecule has 0 spiro atoms. The van der Waals surface area contributed by atoms with Gasteiger partial charge in [0.05, 0.1) is 5.69 Å². The van der Waals surface area contributed by atoms with Gasteiger partial charge in [0.1, 0.15) is 7.05 Å². The molecule has 6 heteroatoms. The van der Waals surface area contributed by atoms with E-state index >= 15 is 0 Å². The fourth-order valence-corrected chi connectivity index (χ4v) is 1.28. The topological polar surface area (TPSA) is 62.7 Å². The van der Waals surface area contributed by atoms with Crippen molar-refractivity contribution in [1.29, 1.82) is 0 Å². The predicted molar refractivity (Wildman–Crippen MR) is 52.8 cm³/mol. The molecular formula is C12H9CrLiNO3+. The molecule has 0 bridgehead atoms. The first-order valence-electron chi connectivity index (χ1n) is 4.04. The SMILES string of the molecule is C[N+]1=[C-]Cc2ccccc21.[C-]#[O+].[C-]#[O+].[C-]#[O+].[Cr].[Li+]. The minimum Gasteiger partial charge on any atom is 0 e. The maximum absolute atomic E-state index is 7.50. The van der Waals surface area contributed by atoms with Crippen LogP contribution in [-0.4, -0.2) is 17.8 Å². The van der Waals surface area contributed by atoms with Gasteiger partial charge in [-0.05, 0) is 6.42 Å². The van der Waals surface area contributed by atoms with Crippen LogP contribution in [-0.2, 0) is 37.7 Å². The summed E-state index contributed by atoms with van der Waals surface area (Å²) in [5.41, 5.74) is 2.67. The Morgan fingerprint density at radius 2 is 1.50 bits per heavy atom. The zero-order valence-electron chi connectivity index (χ0n) is 10.1. The summed E-state index contributed by atoms with van der Waals surface area (Å²) in [6.07, 6.45) is 4.18. The van der Waals surface area contributed by atoms with Crippen LogP contribution in [0.5, 0.6) is 0 Å². The molecule has 0 radical (unpaired) electrons. The monoisotopic (exact) mass is 274 g/mol. The Kier molecular flexibility index (Phi) is 26.8. The Hall–Kier alpha value is -0.760. The fourth-order valence-electron chi connectivity index (χ4n) is 1.28. The molecule has 1 aliphatic rings. The van der Waals surface area contributed by atoms with Crippen LogP contribution < -0.4 is 18.9 Å². The number of benzene rings is 1. The molecule has 0 amide bonds. The van der Waals surface area contributed by atoms with Crippen LogP contribution in [0, 0.1) is 20.0 Å². The largest absolute Gasteiger partial charge is 1.00 e. The van der Waals surface area contributed by atoms with Gasteiger partial charge in [0.25, 0.3) is 0 Å². The Bertz CT molecular complexity index is 399. The predicted octanol–water partition coefficient (Wildman–Crippen LogP) is -1.65. The van der Waals surface area contributed by atoms with Gasteiger partial charge in [-0.3, -0.25) is 0 Å². The molecule has 4 nitrogen and oxygen atoms in total. The second kappa shape index (κ2) is 18.6. The van der Waals surface area contributed by atoms with Crippen molar-refractivity contribution in [2.75, 3.05) is 7.05 Å². The summed E-state index contributed by atoms with van der Waals surface area (Å²) in [6, 6.07) is 8.39. The minimum absolute atomic E-state index is 0. The number of hydrogen-bond acceptors (Lipinski definition) is 0. The van der Waals surface area contributed by atoms with Crippen molar-refractivity contribution in [1.82, 2.24) is 0 Å². The van der Waals surface area contributed by atoms with Gasteiger partial charge in [0.15, 0.2) is 0 Å². The molecule has 1 aromatic carbocycles. The van der Waals surface area contributed by atoms with E-state index in [4.69, 9.17) is 14.0 Å². The Balaban J connectivity index is -0.000000109. The van der Waals surface area contributed by atoms with Gasteiger partial charge in [-0.2, -0.15) is 0 Å². The zero-order valence-corrected chi connectivity index (χ0v) is 11.4. The third-order valence-corrected chi connectivity index (χ3v) is 1.86. The van der Waals surface area contributed by atoms with Crippen molar-refractivity contribution in [3.8, 4) is 0 Å². The molecule has 0 saturated heterocycles. The van der Waals surface area contributed by atoms with Crippen molar-refractivity contribution < 1.29 is 54.8 Å². The van der Waals surface area contributed by atoms with Crippen molar-refractivity contribution in [3.05, 3.63) is 49.8 Å². The quantitative estimate of drug-likeness (QED) is 0.236. The molecule has 0 saturated carbocycles. The molecule has 0 aromatic heterocycles. The maximum atomic E-state index is 7.50. The summed E-state index contributed by atoms with van der Waals surface area (Å²) in [6.45, 7) is 13.5.